The van der Waals surface area contributed by atoms with Gasteiger partial charge in [0.05, 0.1) is 16.4 Å². The summed E-state index contributed by atoms with van der Waals surface area (Å²) in [5.74, 6) is 0. The van der Waals surface area contributed by atoms with E-state index < -0.39 is 0 Å². The van der Waals surface area contributed by atoms with Crippen molar-refractivity contribution in [2.45, 2.75) is 19.8 Å². The minimum Gasteiger partial charge on any atom is -0.398 e. The molecule has 1 heterocycles. The number of hydrogen-bond donors (Lipinski definition) is 1. The highest BCUT2D eigenvalue weighted by Gasteiger charge is 2.14. The number of benzene rings is 1. The van der Waals surface area contributed by atoms with Gasteiger partial charge in [-0.3, -0.25) is 4.99 Å². The van der Waals surface area contributed by atoms with Crippen LogP contribution in [-0.4, -0.2) is 5.71 Å². The molecule has 2 nitrogen and oxygen atoms in total. The summed E-state index contributed by atoms with van der Waals surface area (Å²) < 4.78 is 0. The number of nitrogens with zero attached hydrogens (tertiary/aromatic N) is 1. The van der Waals surface area contributed by atoms with E-state index in [0.29, 0.717) is 10.7 Å². The van der Waals surface area contributed by atoms with Crippen LogP contribution in [0.2, 0.25) is 5.02 Å². The van der Waals surface area contributed by atoms with E-state index in [1.54, 1.807) is 0 Å². The third-order valence-corrected chi connectivity index (χ3v) is 2.61. The van der Waals surface area contributed by atoms with Gasteiger partial charge in [0.1, 0.15) is 0 Å². The van der Waals surface area contributed by atoms with Gasteiger partial charge in [-0.25, -0.2) is 0 Å². The van der Waals surface area contributed by atoms with Crippen LogP contribution in [0.15, 0.2) is 17.1 Å². The molecule has 1 aliphatic rings. The second kappa shape index (κ2) is 3.04. The molecule has 0 radical (unpaired) electrons. The van der Waals surface area contributed by atoms with Crippen LogP contribution >= 0.6 is 11.6 Å². The van der Waals surface area contributed by atoms with Gasteiger partial charge in [0.25, 0.3) is 0 Å². The summed E-state index contributed by atoms with van der Waals surface area (Å²) in [6, 6.07) is 3.76. The Labute approximate surface area is 82.4 Å². The molecule has 1 aromatic carbocycles. The Morgan fingerprint density at radius 3 is 3.00 bits per heavy atom. The van der Waals surface area contributed by atoms with Crippen LogP contribution in [0.4, 0.5) is 11.4 Å². The predicted molar refractivity (Wildman–Crippen MR) is 57.0 cm³/mol. The van der Waals surface area contributed by atoms with Gasteiger partial charge in [-0.2, -0.15) is 0 Å². The van der Waals surface area contributed by atoms with Gasteiger partial charge in [-0.05, 0) is 24.1 Å². The summed E-state index contributed by atoms with van der Waals surface area (Å²) in [5, 5.41) is 0.597. The zero-order valence-corrected chi connectivity index (χ0v) is 8.23. The van der Waals surface area contributed by atoms with E-state index in [2.05, 4.69) is 11.9 Å². The largest absolute Gasteiger partial charge is 0.398 e. The van der Waals surface area contributed by atoms with Crippen molar-refractivity contribution in [1.82, 2.24) is 0 Å². The maximum Gasteiger partial charge on any atom is 0.0681 e. The van der Waals surface area contributed by atoms with Crippen molar-refractivity contribution in [2.75, 3.05) is 5.73 Å². The monoisotopic (exact) mass is 194 g/mol. The zero-order valence-electron chi connectivity index (χ0n) is 7.47. The Morgan fingerprint density at radius 2 is 2.31 bits per heavy atom. The Morgan fingerprint density at radius 1 is 1.54 bits per heavy atom. The van der Waals surface area contributed by atoms with Gasteiger partial charge in [0.2, 0.25) is 0 Å². The molecule has 0 bridgehead atoms. The van der Waals surface area contributed by atoms with E-state index in [4.69, 9.17) is 17.3 Å². The first-order valence-corrected chi connectivity index (χ1v) is 4.73. The van der Waals surface area contributed by atoms with Crippen molar-refractivity contribution in [2.24, 2.45) is 4.99 Å². The van der Waals surface area contributed by atoms with Gasteiger partial charge in [-0.1, -0.05) is 18.5 Å². The van der Waals surface area contributed by atoms with E-state index in [9.17, 15) is 0 Å². The lowest BCUT2D eigenvalue weighted by Gasteiger charge is -2.01. The number of nitrogens with two attached hydrogens (primary N) is 1. The minimum atomic E-state index is 0.597. The number of hydrogen-bond acceptors (Lipinski definition) is 2. The maximum atomic E-state index is 5.89. The molecule has 2 rings (SSSR count). The molecule has 0 saturated carbocycles. The van der Waals surface area contributed by atoms with Crippen LogP contribution in [0.3, 0.4) is 0 Å². The second-order valence-electron chi connectivity index (χ2n) is 3.21. The molecule has 0 aliphatic carbocycles. The molecule has 0 unspecified atom stereocenters. The fourth-order valence-electron chi connectivity index (χ4n) is 1.51. The van der Waals surface area contributed by atoms with Crippen LogP contribution in [0.1, 0.15) is 18.9 Å². The molecule has 1 aliphatic heterocycles. The standard InChI is InChI=1S/C10H11ClN2/c1-2-7-3-6-4-9(12)8(11)5-10(6)13-7/h4-5H,2-3,12H2,1H3. The molecule has 2 N–H and O–H groups in total. The quantitative estimate of drug-likeness (QED) is 0.686. The molecule has 3 heteroatoms. The van der Waals surface area contributed by atoms with Crippen molar-refractivity contribution in [1.29, 1.82) is 0 Å². The molecule has 0 saturated heterocycles. The summed E-state index contributed by atoms with van der Waals surface area (Å²) in [5.41, 5.74) is 9.72. The molecule has 0 atom stereocenters. The van der Waals surface area contributed by atoms with Crippen LogP contribution in [0.25, 0.3) is 0 Å². The van der Waals surface area contributed by atoms with Gasteiger partial charge in [0.15, 0.2) is 0 Å². The summed E-state index contributed by atoms with van der Waals surface area (Å²) in [7, 11) is 0. The lowest BCUT2D eigenvalue weighted by atomic mass is 10.1. The van der Waals surface area contributed by atoms with Crippen LogP contribution in [0, 0.1) is 0 Å². The molecule has 0 fully saturated rings. The third kappa shape index (κ3) is 1.42. The molecule has 68 valence electrons. The summed E-state index contributed by atoms with van der Waals surface area (Å²) in [6.07, 6.45) is 1.92. The fraction of sp³-hybridized carbons (Fsp3) is 0.300. The van der Waals surface area contributed by atoms with Crippen LogP contribution in [-0.2, 0) is 6.42 Å². The summed E-state index contributed by atoms with van der Waals surface area (Å²) in [4.78, 5) is 4.45. The second-order valence-corrected chi connectivity index (χ2v) is 3.62. The SMILES string of the molecule is CCC1=Nc2cc(Cl)c(N)cc2C1. The minimum absolute atomic E-state index is 0.597. The Bertz CT molecular complexity index is 383. The predicted octanol–water partition coefficient (Wildman–Crippen LogP) is 2.96. The highest BCUT2D eigenvalue weighted by atomic mass is 35.5. The van der Waals surface area contributed by atoms with Crippen molar-refractivity contribution in [3.63, 3.8) is 0 Å². The molecular weight excluding hydrogens is 184 g/mol. The van der Waals surface area contributed by atoms with Crippen molar-refractivity contribution in [3.8, 4) is 0 Å². The first kappa shape index (κ1) is 8.57. The summed E-state index contributed by atoms with van der Waals surface area (Å²) in [6.45, 7) is 2.11. The Hall–Kier alpha value is -1.02. The molecule has 0 aromatic heterocycles. The lowest BCUT2D eigenvalue weighted by Crippen LogP contribution is -1.95. The fourth-order valence-corrected chi connectivity index (χ4v) is 1.66. The maximum absolute atomic E-state index is 5.89. The topological polar surface area (TPSA) is 38.4 Å². The Balaban J connectivity index is 2.46. The first-order chi connectivity index (χ1) is 6.20. The van der Waals surface area contributed by atoms with Gasteiger partial charge >= 0.3 is 0 Å². The number of fused-ring (bicyclic) bond motifs is 1. The average molecular weight is 195 g/mol. The highest BCUT2D eigenvalue weighted by molar-refractivity contribution is 6.33. The van der Waals surface area contributed by atoms with Crippen molar-refractivity contribution < 1.29 is 0 Å². The highest BCUT2D eigenvalue weighted by Crippen LogP contribution is 2.33. The Kier molecular flexibility index (Phi) is 2.00. The van der Waals surface area contributed by atoms with Crippen molar-refractivity contribution in [3.05, 3.63) is 22.7 Å². The van der Waals surface area contributed by atoms with Crippen LogP contribution < -0.4 is 5.73 Å². The smallest absolute Gasteiger partial charge is 0.0681 e. The van der Waals surface area contributed by atoms with E-state index in [0.717, 1.165) is 18.5 Å². The normalized spacial score (nSPS) is 14.2. The number of rotatable bonds is 1. The summed E-state index contributed by atoms with van der Waals surface area (Å²) >= 11 is 5.89. The average Bonchev–Trinajstić information content (AvgIpc) is 2.48. The van der Waals surface area contributed by atoms with E-state index in [1.165, 1.54) is 11.3 Å². The number of aliphatic imine (C=N–C) groups is 1. The van der Waals surface area contributed by atoms with Gasteiger partial charge in [-0.15, -0.1) is 0 Å². The third-order valence-electron chi connectivity index (χ3n) is 2.28. The first-order valence-electron chi connectivity index (χ1n) is 4.35. The molecule has 0 spiro atoms. The number of anilines is 1. The number of nitrogen functional groups attached to an aromatic ring is 1. The lowest BCUT2D eigenvalue weighted by molar-refractivity contribution is 1.23. The van der Waals surface area contributed by atoms with Crippen LogP contribution in [0.5, 0.6) is 0 Å². The molecule has 1 aromatic rings. The van der Waals surface area contributed by atoms with E-state index in [-0.39, 0.29) is 0 Å². The van der Waals surface area contributed by atoms with Gasteiger partial charge < -0.3 is 5.73 Å². The molecule has 0 amide bonds. The number of halogens is 1. The molecular formula is C10H11ClN2. The zero-order chi connectivity index (χ0) is 9.42. The van der Waals surface area contributed by atoms with E-state index in [1.807, 2.05) is 12.1 Å². The van der Waals surface area contributed by atoms with Gasteiger partial charge in [0, 0.05) is 12.1 Å². The van der Waals surface area contributed by atoms with E-state index >= 15 is 0 Å². The van der Waals surface area contributed by atoms with Crippen molar-refractivity contribution >= 4 is 28.7 Å². The molecule has 13 heavy (non-hydrogen) atoms.